The molecule has 1 rings (SSSR count). The summed E-state index contributed by atoms with van der Waals surface area (Å²) in [7, 11) is -4.67. The Morgan fingerprint density at radius 3 is 2.26 bits per heavy atom. The molecule has 5 nitrogen and oxygen atoms in total. The molecule has 1 aromatic rings. The number of benzene rings is 1. The Hall–Kier alpha value is -1.37. The number of hydrogen-bond donors (Lipinski definition) is 2. The lowest BCUT2D eigenvalue weighted by molar-refractivity contribution is 0.244. The van der Waals surface area contributed by atoms with Crippen molar-refractivity contribution in [1.29, 1.82) is 0 Å². The zero-order valence-corrected chi connectivity index (χ0v) is 11.7. The predicted octanol–water partition coefficient (Wildman–Crippen LogP) is 3.21. The third kappa shape index (κ3) is 16.6. The van der Waals surface area contributed by atoms with E-state index in [1.54, 1.807) is 6.26 Å². The van der Waals surface area contributed by atoms with Gasteiger partial charge in [0, 0.05) is 0 Å². The van der Waals surface area contributed by atoms with Crippen LogP contribution in [0.15, 0.2) is 36.6 Å². The molecule has 0 saturated heterocycles. The fourth-order valence-corrected chi connectivity index (χ4v) is 1.19. The minimum atomic E-state index is -4.67. The zero-order chi connectivity index (χ0) is 14.6. The summed E-state index contributed by atoms with van der Waals surface area (Å²) in [5, 5.41) is 0. The van der Waals surface area contributed by atoms with E-state index < -0.39 is 10.4 Å². The molecule has 0 unspecified atom stereocenters. The van der Waals surface area contributed by atoms with E-state index in [-0.39, 0.29) is 0 Å². The fourth-order valence-electron chi connectivity index (χ4n) is 1.19. The molecule has 0 aromatic heterocycles. The van der Waals surface area contributed by atoms with Crippen molar-refractivity contribution < 1.29 is 22.3 Å². The van der Waals surface area contributed by atoms with Crippen LogP contribution < -0.4 is 0 Å². The van der Waals surface area contributed by atoms with Gasteiger partial charge in [-0.1, -0.05) is 50.1 Å². The first-order valence-corrected chi connectivity index (χ1v) is 7.36. The van der Waals surface area contributed by atoms with Gasteiger partial charge < -0.3 is 4.74 Å². The van der Waals surface area contributed by atoms with E-state index in [2.05, 4.69) is 19.1 Å². The normalized spacial score (nSPS) is 10.9. The van der Waals surface area contributed by atoms with Crippen molar-refractivity contribution >= 4 is 16.5 Å². The SMILES string of the molecule is CCCCCOC=Cc1ccccc1.O=S(=O)(O)O. The Bertz CT molecular complexity index is 431. The van der Waals surface area contributed by atoms with Gasteiger partial charge in [-0.3, -0.25) is 9.11 Å². The van der Waals surface area contributed by atoms with Gasteiger partial charge in [0.15, 0.2) is 0 Å². The van der Waals surface area contributed by atoms with Gasteiger partial charge in [0.2, 0.25) is 0 Å². The molecule has 0 saturated carbocycles. The third-order valence-corrected chi connectivity index (χ3v) is 2.02. The Labute approximate surface area is 114 Å². The maximum absolute atomic E-state index is 8.74. The summed E-state index contributed by atoms with van der Waals surface area (Å²) in [5.41, 5.74) is 1.18. The first kappa shape index (κ1) is 17.6. The van der Waals surface area contributed by atoms with Gasteiger partial charge in [0.1, 0.15) is 0 Å². The van der Waals surface area contributed by atoms with Crippen molar-refractivity contribution in [3.05, 3.63) is 42.2 Å². The summed E-state index contributed by atoms with van der Waals surface area (Å²) in [6.07, 6.45) is 7.41. The van der Waals surface area contributed by atoms with Crippen LogP contribution in [0.5, 0.6) is 0 Å². The van der Waals surface area contributed by atoms with Crippen molar-refractivity contribution in [1.82, 2.24) is 0 Å². The number of ether oxygens (including phenoxy) is 1. The first-order chi connectivity index (χ1) is 8.93. The molecule has 1 aromatic carbocycles. The van der Waals surface area contributed by atoms with Crippen molar-refractivity contribution in [3.8, 4) is 0 Å². The molecule has 108 valence electrons. The molecular formula is C13H20O5S. The van der Waals surface area contributed by atoms with Crippen molar-refractivity contribution in [2.24, 2.45) is 0 Å². The van der Waals surface area contributed by atoms with Crippen LogP contribution in [-0.2, 0) is 15.1 Å². The molecule has 0 amide bonds. The second-order valence-corrected chi connectivity index (χ2v) is 4.63. The molecule has 0 aliphatic rings. The molecule has 0 aliphatic heterocycles. The summed E-state index contributed by atoms with van der Waals surface area (Å²) in [6.45, 7) is 3.02. The number of unbranched alkanes of at least 4 members (excludes halogenated alkanes) is 2. The monoisotopic (exact) mass is 288 g/mol. The molecule has 0 bridgehead atoms. The quantitative estimate of drug-likeness (QED) is 0.477. The predicted molar refractivity (Wildman–Crippen MR) is 75.1 cm³/mol. The molecule has 19 heavy (non-hydrogen) atoms. The summed E-state index contributed by atoms with van der Waals surface area (Å²) < 4.78 is 36.9. The van der Waals surface area contributed by atoms with Crippen molar-refractivity contribution in [3.63, 3.8) is 0 Å². The van der Waals surface area contributed by atoms with Gasteiger partial charge in [-0.05, 0) is 18.1 Å². The van der Waals surface area contributed by atoms with Crippen LogP contribution in [0.4, 0.5) is 0 Å². The fraction of sp³-hybridized carbons (Fsp3) is 0.385. The Balaban J connectivity index is 0.000000555. The van der Waals surface area contributed by atoms with Crippen LogP contribution in [0.3, 0.4) is 0 Å². The highest BCUT2D eigenvalue weighted by Gasteiger charge is 1.85. The van der Waals surface area contributed by atoms with Gasteiger partial charge >= 0.3 is 10.4 Å². The molecule has 0 heterocycles. The highest BCUT2D eigenvalue weighted by atomic mass is 32.3. The first-order valence-electron chi connectivity index (χ1n) is 5.96. The summed E-state index contributed by atoms with van der Waals surface area (Å²) in [6, 6.07) is 10.2. The van der Waals surface area contributed by atoms with E-state index in [4.69, 9.17) is 22.3 Å². The van der Waals surface area contributed by atoms with Crippen LogP contribution in [0.1, 0.15) is 31.7 Å². The van der Waals surface area contributed by atoms with Gasteiger partial charge in [-0.25, -0.2) is 0 Å². The highest BCUT2D eigenvalue weighted by molar-refractivity contribution is 7.79. The lowest BCUT2D eigenvalue weighted by atomic mass is 10.2. The summed E-state index contributed by atoms with van der Waals surface area (Å²) >= 11 is 0. The Kier molecular flexibility index (Phi) is 9.78. The molecule has 0 spiro atoms. The Morgan fingerprint density at radius 2 is 1.74 bits per heavy atom. The lowest BCUT2D eigenvalue weighted by Crippen LogP contribution is -1.89. The van der Waals surface area contributed by atoms with Crippen LogP contribution in [-0.4, -0.2) is 24.1 Å². The second-order valence-electron chi connectivity index (χ2n) is 3.74. The molecule has 2 N–H and O–H groups in total. The van der Waals surface area contributed by atoms with Gasteiger partial charge in [0.05, 0.1) is 12.9 Å². The second kappa shape index (κ2) is 10.5. The number of rotatable bonds is 6. The zero-order valence-electron chi connectivity index (χ0n) is 10.9. The topological polar surface area (TPSA) is 83.8 Å². The van der Waals surface area contributed by atoms with Crippen molar-refractivity contribution in [2.75, 3.05) is 6.61 Å². The van der Waals surface area contributed by atoms with Gasteiger partial charge in [0.25, 0.3) is 0 Å². The van der Waals surface area contributed by atoms with E-state index in [0.29, 0.717) is 0 Å². The van der Waals surface area contributed by atoms with Crippen LogP contribution in [0, 0.1) is 0 Å². The summed E-state index contributed by atoms with van der Waals surface area (Å²) in [4.78, 5) is 0. The minimum absolute atomic E-state index is 0.831. The molecule has 0 aliphatic carbocycles. The van der Waals surface area contributed by atoms with E-state index in [9.17, 15) is 0 Å². The van der Waals surface area contributed by atoms with Crippen LogP contribution in [0.25, 0.3) is 6.08 Å². The van der Waals surface area contributed by atoms with E-state index in [0.717, 1.165) is 13.0 Å². The molecular weight excluding hydrogens is 268 g/mol. The Morgan fingerprint density at radius 1 is 1.16 bits per heavy atom. The van der Waals surface area contributed by atoms with Crippen molar-refractivity contribution in [2.45, 2.75) is 26.2 Å². The summed E-state index contributed by atoms with van der Waals surface area (Å²) in [5.74, 6) is 0. The largest absolute Gasteiger partial charge is 0.501 e. The lowest BCUT2D eigenvalue weighted by Gasteiger charge is -1.98. The highest BCUT2D eigenvalue weighted by Crippen LogP contribution is 2.01. The molecule has 6 heteroatoms. The third-order valence-electron chi connectivity index (χ3n) is 2.02. The average molecular weight is 288 g/mol. The average Bonchev–Trinajstić information content (AvgIpc) is 2.33. The van der Waals surface area contributed by atoms with E-state index >= 15 is 0 Å². The molecule has 0 fully saturated rings. The minimum Gasteiger partial charge on any atom is -0.501 e. The van der Waals surface area contributed by atoms with Crippen LogP contribution >= 0.6 is 0 Å². The molecule has 0 atom stereocenters. The van der Waals surface area contributed by atoms with Gasteiger partial charge in [-0.2, -0.15) is 8.42 Å². The maximum Gasteiger partial charge on any atom is 0.394 e. The van der Waals surface area contributed by atoms with E-state index in [1.165, 1.54) is 18.4 Å². The van der Waals surface area contributed by atoms with Crippen LogP contribution in [0.2, 0.25) is 0 Å². The van der Waals surface area contributed by atoms with E-state index in [1.807, 2.05) is 24.3 Å². The molecule has 0 radical (unpaired) electrons. The van der Waals surface area contributed by atoms with Gasteiger partial charge in [-0.15, -0.1) is 0 Å². The number of hydrogen-bond acceptors (Lipinski definition) is 3. The standard InChI is InChI=1S/C13H18O.H2O4S/c1-2-3-7-11-14-12-10-13-8-5-4-6-9-13;1-5(2,3)4/h4-6,8-10,12H,2-3,7,11H2,1H3;(H2,1,2,3,4). The smallest absolute Gasteiger partial charge is 0.394 e. The maximum atomic E-state index is 8.74.